The highest BCUT2D eigenvalue weighted by atomic mass is 35.5. The van der Waals surface area contributed by atoms with Gasteiger partial charge in [-0.25, -0.2) is 0 Å². The molecule has 3 heteroatoms. The second kappa shape index (κ2) is 5.98. The van der Waals surface area contributed by atoms with E-state index < -0.39 is 0 Å². The summed E-state index contributed by atoms with van der Waals surface area (Å²) in [5.41, 5.74) is 3.95. The molecule has 0 heterocycles. The van der Waals surface area contributed by atoms with Crippen LogP contribution in [0.3, 0.4) is 0 Å². The predicted molar refractivity (Wildman–Crippen MR) is 88.6 cm³/mol. The molecule has 1 fully saturated rings. The third-order valence-electron chi connectivity index (χ3n) is 4.29. The summed E-state index contributed by atoms with van der Waals surface area (Å²) in [6.07, 6.45) is 2.35. The lowest BCUT2D eigenvalue weighted by molar-refractivity contribution is 0.373. The molecule has 2 aromatic rings. The van der Waals surface area contributed by atoms with E-state index in [1.54, 1.807) is 7.11 Å². The highest BCUT2D eigenvalue weighted by molar-refractivity contribution is 6.32. The first-order valence-corrected chi connectivity index (χ1v) is 7.71. The standard InChI is InChI=1S/C18H20ClNO/c1-12-5-3-4-6-16(12)13-9-15(10-13)20-14-7-8-18(21-2)17(19)11-14/h3-8,11,13,15,20H,9-10H2,1-2H3. The van der Waals surface area contributed by atoms with Crippen LogP contribution in [0, 0.1) is 6.92 Å². The van der Waals surface area contributed by atoms with E-state index in [0.29, 0.717) is 22.7 Å². The Hall–Kier alpha value is -1.67. The van der Waals surface area contributed by atoms with Crippen LogP contribution in [0.1, 0.15) is 29.9 Å². The summed E-state index contributed by atoms with van der Waals surface area (Å²) in [5, 5.41) is 4.20. The molecule has 2 aromatic carbocycles. The van der Waals surface area contributed by atoms with Crippen LogP contribution in [-0.2, 0) is 0 Å². The highest BCUT2D eigenvalue weighted by Crippen LogP contribution is 2.40. The zero-order chi connectivity index (χ0) is 14.8. The van der Waals surface area contributed by atoms with E-state index in [9.17, 15) is 0 Å². The van der Waals surface area contributed by atoms with Crippen molar-refractivity contribution in [3.8, 4) is 5.75 Å². The molecular formula is C18H20ClNO. The first-order valence-electron chi connectivity index (χ1n) is 7.33. The van der Waals surface area contributed by atoms with Gasteiger partial charge in [-0.15, -0.1) is 0 Å². The van der Waals surface area contributed by atoms with E-state index in [2.05, 4.69) is 36.5 Å². The van der Waals surface area contributed by atoms with E-state index >= 15 is 0 Å². The van der Waals surface area contributed by atoms with Crippen LogP contribution < -0.4 is 10.1 Å². The number of aryl methyl sites for hydroxylation is 1. The van der Waals surface area contributed by atoms with Crippen molar-refractivity contribution in [1.82, 2.24) is 0 Å². The summed E-state index contributed by atoms with van der Waals surface area (Å²) >= 11 is 6.15. The minimum atomic E-state index is 0.527. The van der Waals surface area contributed by atoms with Gasteiger partial charge in [-0.05, 0) is 55.0 Å². The first kappa shape index (κ1) is 14.3. The van der Waals surface area contributed by atoms with Gasteiger partial charge in [0.05, 0.1) is 12.1 Å². The zero-order valence-electron chi connectivity index (χ0n) is 12.4. The van der Waals surface area contributed by atoms with Crippen molar-refractivity contribution in [3.05, 3.63) is 58.6 Å². The van der Waals surface area contributed by atoms with Crippen LogP contribution in [0.15, 0.2) is 42.5 Å². The number of nitrogens with one attached hydrogen (secondary N) is 1. The molecular weight excluding hydrogens is 282 g/mol. The molecule has 0 bridgehead atoms. The van der Waals surface area contributed by atoms with Crippen molar-refractivity contribution in [2.24, 2.45) is 0 Å². The van der Waals surface area contributed by atoms with Gasteiger partial charge in [0.2, 0.25) is 0 Å². The van der Waals surface area contributed by atoms with Crippen molar-refractivity contribution in [2.45, 2.75) is 31.7 Å². The largest absolute Gasteiger partial charge is 0.495 e. The van der Waals surface area contributed by atoms with Gasteiger partial charge in [-0.3, -0.25) is 0 Å². The number of hydrogen-bond donors (Lipinski definition) is 1. The van der Waals surface area contributed by atoms with Crippen LogP contribution in [0.5, 0.6) is 5.75 Å². The van der Waals surface area contributed by atoms with E-state index in [1.165, 1.54) is 24.0 Å². The Morgan fingerprint density at radius 2 is 1.90 bits per heavy atom. The van der Waals surface area contributed by atoms with Crippen molar-refractivity contribution in [2.75, 3.05) is 12.4 Å². The summed E-state index contributed by atoms with van der Waals surface area (Å²) in [5.74, 6) is 1.39. The van der Waals surface area contributed by atoms with Crippen LogP contribution in [0.4, 0.5) is 5.69 Å². The molecule has 0 aromatic heterocycles. The fraction of sp³-hybridized carbons (Fsp3) is 0.333. The lowest BCUT2D eigenvalue weighted by atomic mass is 9.74. The molecule has 110 valence electrons. The molecule has 0 aliphatic heterocycles. The number of ether oxygens (including phenoxy) is 1. The van der Waals surface area contributed by atoms with E-state index in [-0.39, 0.29) is 0 Å². The molecule has 0 amide bonds. The molecule has 1 N–H and O–H groups in total. The maximum absolute atomic E-state index is 6.15. The fourth-order valence-electron chi connectivity index (χ4n) is 3.03. The minimum Gasteiger partial charge on any atom is -0.495 e. The van der Waals surface area contributed by atoms with Crippen LogP contribution in [-0.4, -0.2) is 13.2 Å². The average molecular weight is 302 g/mol. The SMILES string of the molecule is COc1ccc(NC2CC(c3ccccc3C)C2)cc1Cl. The van der Waals surface area contributed by atoms with Gasteiger partial charge in [-0.1, -0.05) is 35.9 Å². The number of hydrogen-bond acceptors (Lipinski definition) is 2. The molecule has 0 saturated heterocycles. The lowest BCUT2D eigenvalue weighted by Crippen LogP contribution is -2.34. The molecule has 3 rings (SSSR count). The average Bonchev–Trinajstić information content (AvgIpc) is 2.44. The van der Waals surface area contributed by atoms with Gasteiger partial charge in [0.1, 0.15) is 5.75 Å². The second-order valence-corrected chi connectivity index (χ2v) is 6.12. The van der Waals surface area contributed by atoms with Gasteiger partial charge in [0.15, 0.2) is 0 Å². The Balaban J connectivity index is 1.60. The summed E-state index contributed by atoms with van der Waals surface area (Å²) in [7, 11) is 1.63. The lowest BCUT2D eigenvalue weighted by Gasteiger charge is -2.37. The summed E-state index contributed by atoms with van der Waals surface area (Å²) < 4.78 is 5.17. The monoisotopic (exact) mass is 301 g/mol. The topological polar surface area (TPSA) is 21.3 Å². The van der Waals surface area contributed by atoms with Crippen LogP contribution in [0.2, 0.25) is 5.02 Å². The van der Waals surface area contributed by atoms with Crippen molar-refractivity contribution in [3.63, 3.8) is 0 Å². The van der Waals surface area contributed by atoms with Gasteiger partial charge in [0.25, 0.3) is 0 Å². The van der Waals surface area contributed by atoms with Crippen molar-refractivity contribution >= 4 is 17.3 Å². The van der Waals surface area contributed by atoms with Crippen molar-refractivity contribution < 1.29 is 4.74 Å². The number of methoxy groups -OCH3 is 1. The summed E-state index contributed by atoms with van der Waals surface area (Å²) in [6.45, 7) is 2.19. The molecule has 0 radical (unpaired) electrons. The molecule has 0 unspecified atom stereocenters. The predicted octanol–water partition coefficient (Wildman–Crippen LogP) is 5.02. The molecule has 1 aliphatic rings. The first-order chi connectivity index (χ1) is 10.2. The van der Waals surface area contributed by atoms with Gasteiger partial charge in [0, 0.05) is 11.7 Å². The maximum Gasteiger partial charge on any atom is 0.137 e. The van der Waals surface area contributed by atoms with E-state index in [1.807, 2.05) is 18.2 Å². The minimum absolute atomic E-state index is 0.527. The molecule has 21 heavy (non-hydrogen) atoms. The molecule has 2 nitrogen and oxygen atoms in total. The number of rotatable bonds is 4. The Bertz CT molecular complexity index is 635. The molecule has 1 saturated carbocycles. The normalized spacial score (nSPS) is 20.7. The summed E-state index contributed by atoms with van der Waals surface area (Å²) in [6, 6.07) is 15.1. The Morgan fingerprint density at radius 3 is 2.57 bits per heavy atom. The molecule has 1 aliphatic carbocycles. The number of halogens is 1. The van der Waals surface area contributed by atoms with Crippen molar-refractivity contribution in [1.29, 1.82) is 0 Å². The number of benzene rings is 2. The van der Waals surface area contributed by atoms with Gasteiger partial charge in [-0.2, -0.15) is 0 Å². The highest BCUT2D eigenvalue weighted by Gasteiger charge is 2.30. The Kier molecular flexibility index (Phi) is 4.07. The third-order valence-corrected chi connectivity index (χ3v) is 4.58. The zero-order valence-corrected chi connectivity index (χ0v) is 13.2. The van der Waals surface area contributed by atoms with E-state index in [0.717, 1.165) is 5.69 Å². The molecule has 0 spiro atoms. The van der Waals surface area contributed by atoms with E-state index in [4.69, 9.17) is 16.3 Å². The number of anilines is 1. The maximum atomic E-state index is 6.15. The summed E-state index contributed by atoms with van der Waals surface area (Å²) in [4.78, 5) is 0. The smallest absolute Gasteiger partial charge is 0.137 e. The Morgan fingerprint density at radius 1 is 1.14 bits per heavy atom. The third kappa shape index (κ3) is 3.01. The van der Waals surface area contributed by atoms with Gasteiger partial charge < -0.3 is 10.1 Å². The van der Waals surface area contributed by atoms with Crippen LogP contribution in [0.25, 0.3) is 0 Å². The quantitative estimate of drug-likeness (QED) is 0.856. The van der Waals surface area contributed by atoms with Gasteiger partial charge >= 0.3 is 0 Å². The fourth-order valence-corrected chi connectivity index (χ4v) is 3.28. The molecule has 0 atom stereocenters. The second-order valence-electron chi connectivity index (χ2n) is 5.72. The van der Waals surface area contributed by atoms with Crippen LogP contribution >= 0.6 is 11.6 Å². The Labute approximate surface area is 131 Å².